The molecule has 0 saturated carbocycles. The van der Waals surface area contributed by atoms with E-state index in [-0.39, 0.29) is 43.0 Å². The molecule has 2 aliphatic heterocycles. The van der Waals surface area contributed by atoms with E-state index >= 15 is 0 Å². The van der Waals surface area contributed by atoms with Crippen LogP contribution in [0.25, 0.3) is 0 Å². The maximum absolute atomic E-state index is 12.9. The van der Waals surface area contributed by atoms with Crippen molar-refractivity contribution in [2.45, 2.75) is 6.42 Å². The summed E-state index contributed by atoms with van der Waals surface area (Å²) in [6.07, 6.45) is 0.113. The van der Waals surface area contributed by atoms with Gasteiger partial charge in [-0.05, 0) is 24.3 Å². The van der Waals surface area contributed by atoms with Gasteiger partial charge in [-0.2, -0.15) is 0 Å². The van der Waals surface area contributed by atoms with Crippen LogP contribution in [0.2, 0.25) is 0 Å². The van der Waals surface area contributed by atoms with Crippen LogP contribution < -0.4 is 9.80 Å². The fraction of sp³-hybridized carbons (Fsp3) is 0.286. The minimum absolute atomic E-state index is 0.0184. The first-order chi connectivity index (χ1) is 13.5. The van der Waals surface area contributed by atoms with Gasteiger partial charge >= 0.3 is 0 Å². The van der Waals surface area contributed by atoms with Crippen LogP contribution in [0.3, 0.4) is 0 Å². The van der Waals surface area contributed by atoms with E-state index in [1.165, 1.54) is 17.0 Å². The molecule has 2 aliphatic rings. The lowest BCUT2D eigenvalue weighted by Crippen LogP contribution is -2.54. The highest BCUT2D eigenvalue weighted by Gasteiger charge is 2.39. The number of hydrogen-bond donors (Lipinski definition) is 1. The highest BCUT2D eigenvalue weighted by Crippen LogP contribution is 2.29. The SMILES string of the molecule is O=C([C@H]1CC(=O)N(c2cccc(O)c2)C1)N1CCN(c2ccccc2)C(=O)C1. The molecule has 2 fully saturated rings. The molecule has 2 saturated heterocycles. The minimum Gasteiger partial charge on any atom is -0.508 e. The zero-order chi connectivity index (χ0) is 19.7. The van der Waals surface area contributed by atoms with E-state index in [4.69, 9.17) is 0 Å². The predicted molar refractivity (Wildman–Crippen MR) is 104 cm³/mol. The van der Waals surface area contributed by atoms with Crippen molar-refractivity contribution < 1.29 is 19.5 Å². The van der Waals surface area contributed by atoms with Gasteiger partial charge in [-0.1, -0.05) is 24.3 Å². The van der Waals surface area contributed by atoms with Gasteiger partial charge in [-0.15, -0.1) is 0 Å². The average molecular weight is 379 g/mol. The summed E-state index contributed by atoms with van der Waals surface area (Å²) in [6.45, 7) is 1.15. The number of phenols is 1. The second kappa shape index (κ2) is 7.34. The standard InChI is InChI=1S/C21H21N3O4/c25-18-8-4-7-17(12-18)24-13-15(11-19(24)26)21(28)22-9-10-23(20(27)14-22)16-5-2-1-3-6-16/h1-8,12,15,25H,9-11,13-14H2/t15-/m0/s1. The average Bonchev–Trinajstić information content (AvgIpc) is 3.09. The molecule has 1 N–H and O–H groups in total. The lowest BCUT2D eigenvalue weighted by Gasteiger charge is -2.35. The minimum atomic E-state index is -0.481. The Morgan fingerprint density at radius 2 is 1.64 bits per heavy atom. The zero-order valence-electron chi connectivity index (χ0n) is 15.3. The molecule has 0 radical (unpaired) electrons. The van der Waals surface area contributed by atoms with Crippen molar-refractivity contribution in [2.24, 2.45) is 5.92 Å². The van der Waals surface area contributed by atoms with Gasteiger partial charge < -0.3 is 19.8 Å². The number of phenolic OH excluding ortho intramolecular Hbond substituents is 1. The molecule has 4 rings (SSSR count). The number of rotatable bonds is 3. The summed E-state index contributed by atoms with van der Waals surface area (Å²) in [6, 6.07) is 15.8. The van der Waals surface area contributed by atoms with E-state index in [0.717, 1.165) is 5.69 Å². The van der Waals surface area contributed by atoms with Crippen LogP contribution >= 0.6 is 0 Å². The van der Waals surface area contributed by atoms with E-state index in [2.05, 4.69) is 0 Å². The molecule has 7 heteroatoms. The quantitative estimate of drug-likeness (QED) is 0.879. The fourth-order valence-corrected chi connectivity index (χ4v) is 3.78. The van der Waals surface area contributed by atoms with Gasteiger partial charge in [0.05, 0.1) is 5.92 Å². The van der Waals surface area contributed by atoms with Crippen molar-refractivity contribution >= 4 is 29.1 Å². The van der Waals surface area contributed by atoms with Crippen molar-refractivity contribution in [1.29, 1.82) is 0 Å². The maximum Gasteiger partial charge on any atom is 0.246 e. The molecule has 1 atom stereocenters. The van der Waals surface area contributed by atoms with Crippen molar-refractivity contribution in [2.75, 3.05) is 36.0 Å². The molecule has 0 bridgehead atoms. The van der Waals surface area contributed by atoms with E-state index in [0.29, 0.717) is 18.8 Å². The number of carbonyl (C=O) groups is 3. The van der Waals surface area contributed by atoms with Crippen LogP contribution in [0.1, 0.15) is 6.42 Å². The number of aromatic hydroxyl groups is 1. The summed E-state index contributed by atoms with van der Waals surface area (Å²) >= 11 is 0. The monoisotopic (exact) mass is 379 g/mol. The van der Waals surface area contributed by atoms with Crippen LogP contribution in [-0.2, 0) is 14.4 Å². The number of benzene rings is 2. The molecule has 7 nitrogen and oxygen atoms in total. The molecule has 3 amide bonds. The molecule has 0 unspecified atom stereocenters. The third kappa shape index (κ3) is 3.43. The number of hydrogen-bond acceptors (Lipinski definition) is 4. The summed E-state index contributed by atoms with van der Waals surface area (Å²) < 4.78 is 0. The summed E-state index contributed by atoms with van der Waals surface area (Å²) in [5, 5.41) is 9.63. The Kier molecular flexibility index (Phi) is 4.73. The number of para-hydroxylation sites is 1. The topological polar surface area (TPSA) is 81.2 Å². The van der Waals surface area contributed by atoms with Gasteiger partial charge in [0.1, 0.15) is 12.3 Å². The van der Waals surface area contributed by atoms with Crippen LogP contribution in [-0.4, -0.2) is 53.9 Å². The normalized spacial score (nSPS) is 20.0. The van der Waals surface area contributed by atoms with Crippen molar-refractivity contribution in [3.8, 4) is 5.75 Å². The van der Waals surface area contributed by atoms with Crippen LogP contribution in [0, 0.1) is 5.92 Å². The van der Waals surface area contributed by atoms with Gasteiger partial charge in [0, 0.05) is 43.5 Å². The molecular formula is C21H21N3O4. The first-order valence-electron chi connectivity index (χ1n) is 9.26. The number of carbonyl (C=O) groups excluding carboxylic acids is 3. The molecule has 0 aromatic heterocycles. The first-order valence-corrected chi connectivity index (χ1v) is 9.26. The molecule has 0 spiro atoms. The molecule has 2 aromatic carbocycles. The smallest absolute Gasteiger partial charge is 0.246 e. The Morgan fingerprint density at radius 1 is 0.893 bits per heavy atom. The lowest BCUT2D eigenvalue weighted by atomic mass is 10.1. The van der Waals surface area contributed by atoms with E-state index in [9.17, 15) is 19.5 Å². The predicted octanol–water partition coefficient (Wildman–Crippen LogP) is 1.62. The highest BCUT2D eigenvalue weighted by atomic mass is 16.3. The van der Waals surface area contributed by atoms with E-state index < -0.39 is 5.92 Å². The van der Waals surface area contributed by atoms with Gasteiger partial charge in [0.2, 0.25) is 17.7 Å². The second-order valence-electron chi connectivity index (χ2n) is 7.07. The Bertz CT molecular complexity index is 915. The fourth-order valence-electron chi connectivity index (χ4n) is 3.78. The number of piperazine rings is 1. The maximum atomic E-state index is 12.9. The van der Waals surface area contributed by atoms with Crippen LogP contribution in [0.4, 0.5) is 11.4 Å². The Morgan fingerprint density at radius 3 is 2.36 bits per heavy atom. The number of anilines is 2. The highest BCUT2D eigenvalue weighted by molar-refractivity contribution is 6.02. The largest absolute Gasteiger partial charge is 0.508 e. The number of nitrogens with zero attached hydrogens (tertiary/aromatic N) is 3. The van der Waals surface area contributed by atoms with Gasteiger partial charge in [0.15, 0.2) is 0 Å². The van der Waals surface area contributed by atoms with Crippen molar-refractivity contribution in [1.82, 2.24) is 4.90 Å². The first kappa shape index (κ1) is 18.0. The lowest BCUT2D eigenvalue weighted by molar-refractivity contribution is -0.140. The third-order valence-electron chi connectivity index (χ3n) is 5.22. The Balaban J connectivity index is 1.42. The molecule has 144 valence electrons. The van der Waals surface area contributed by atoms with Crippen molar-refractivity contribution in [3.05, 3.63) is 54.6 Å². The third-order valence-corrected chi connectivity index (χ3v) is 5.22. The van der Waals surface area contributed by atoms with Crippen molar-refractivity contribution in [3.63, 3.8) is 0 Å². The molecule has 0 aliphatic carbocycles. The van der Waals surface area contributed by atoms with E-state index in [1.807, 2.05) is 30.3 Å². The summed E-state index contributed by atoms with van der Waals surface area (Å²) in [5.41, 5.74) is 1.40. The summed E-state index contributed by atoms with van der Waals surface area (Å²) in [5.74, 6) is -0.858. The zero-order valence-corrected chi connectivity index (χ0v) is 15.3. The van der Waals surface area contributed by atoms with Crippen LogP contribution in [0.5, 0.6) is 5.75 Å². The Labute approximate surface area is 162 Å². The Hall–Kier alpha value is -3.35. The molecule has 28 heavy (non-hydrogen) atoms. The second-order valence-corrected chi connectivity index (χ2v) is 7.07. The van der Waals surface area contributed by atoms with Gasteiger partial charge in [-0.25, -0.2) is 0 Å². The molecular weight excluding hydrogens is 358 g/mol. The number of amides is 3. The summed E-state index contributed by atoms with van der Waals surface area (Å²) in [7, 11) is 0. The van der Waals surface area contributed by atoms with Gasteiger partial charge in [0.25, 0.3) is 0 Å². The molecule has 2 heterocycles. The summed E-state index contributed by atoms with van der Waals surface area (Å²) in [4.78, 5) is 42.6. The van der Waals surface area contributed by atoms with E-state index in [1.54, 1.807) is 21.9 Å². The molecule has 2 aromatic rings. The van der Waals surface area contributed by atoms with Gasteiger partial charge in [-0.3, -0.25) is 14.4 Å². The van der Waals surface area contributed by atoms with Crippen LogP contribution in [0.15, 0.2) is 54.6 Å².